The molecule has 6 heteroatoms. The van der Waals surface area contributed by atoms with Gasteiger partial charge >= 0.3 is 5.97 Å². The van der Waals surface area contributed by atoms with E-state index in [0.29, 0.717) is 13.0 Å². The Labute approximate surface area is 109 Å². The molecule has 2 rings (SSSR count). The van der Waals surface area contributed by atoms with Crippen LogP contribution in [0.3, 0.4) is 0 Å². The van der Waals surface area contributed by atoms with Gasteiger partial charge < -0.3 is 10.0 Å². The van der Waals surface area contributed by atoms with Gasteiger partial charge in [-0.25, -0.2) is 9.78 Å². The quantitative estimate of drug-likeness (QED) is 0.842. The zero-order valence-electron chi connectivity index (χ0n) is 10.00. The van der Waals surface area contributed by atoms with Gasteiger partial charge in [0, 0.05) is 18.0 Å². The molecule has 1 aromatic rings. The molecule has 0 radical (unpaired) electrons. The highest BCUT2D eigenvalue weighted by Gasteiger charge is 2.32. The number of nitrogens with zero attached hydrogens (tertiary/aromatic N) is 2. The maximum absolute atomic E-state index is 11.9. The van der Waals surface area contributed by atoms with Crippen molar-refractivity contribution in [1.29, 1.82) is 0 Å². The number of carbonyl (C=O) groups excluding carboxylic acids is 1. The van der Waals surface area contributed by atoms with Crippen LogP contribution < -0.4 is 0 Å². The number of carbonyl (C=O) groups is 2. The zero-order chi connectivity index (χ0) is 13.1. The molecule has 5 nitrogen and oxygen atoms in total. The largest absolute Gasteiger partial charge is 0.480 e. The summed E-state index contributed by atoms with van der Waals surface area (Å²) < 4.78 is 0. The van der Waals surface area contributed by atoms with Crippen LogP contribution in [0.2, 0.25) is 0 Å². The predicted molar refractivity (Wildman–Crippen MR) is 68.3 cm³/mol. The van der Waals surface area contributed by atoms with Crippen molar-refractivity contribution in [2.45, 2.75) is 25.8 Å². The number of amides is 1. The first kappa shape index (κ1) is 12.8. The van der Waals surface area contributed by atoms with Crippen molar-refractivity contribution < 1.29 is 14.7 Å². The molecule has 1 aliphatic rings. The molecular weight excluding hydrogens is 252 g/mol. The van der Waals surface area contributed by atoms with Gasteiger partial charge in [-0.3, -0.25) is 4.79 Å². The minimum absolute atomic E-state index is 0.259. The van der Waals surface area contributed by atoms with E-state index in [1.54, 1.807) is 6.08 Å². The van der Waals surface area contributed by atoms with E-state index in [-0.39, 0.29) is 5.91 Å². The molecule has 1 saturated heterocycles. The Bertz CT molecular complexity index is 495. The third kappa shape index (κ3) is 2.76. The summed E-state index contributed by atoms with van der Waals surface area (Å²) in [5, 5.41) is 11.8. The first-order valence-electron chi connectivity index (χ1n) is 5.71. The van der Waals surface area contributed by atoms with E-state index in [9.17, 15) is 9.59 Å². The molecule has 96 valence electrons. The number of carboxylic acid groups (broad SMARTS) is 1. The number of thiazole rings is 1. The number of hydrogen-bond acceptors (Lipinski definition) is 4. The monoisotopic (exact) mass is 266 g/mol. The Morgan fingerprint density at radius 3 is 3.00 bits per heavy atom. The van der Waals surface area contributed by atoms with Gasteiger partial charge in [0.1, 0.15) is 6.04 Å². The number of aliphatic carboxylic acids is 1. The fourth-order valence-corrected chi connectivity index (χ4v) is 2.58. The molecule has 0 aromatic carbocycles. The van der Waals surface area contributed by atoms with Crippen LogP contribution in [-0.4, -0.2) is 39.5 Å². The lowest BCUT2D eigenvalue weighted by Gasteiger charge is -2.19. The Morgan fingerprint density at radius 1 is 1.61 bits per heavy atom. The van der Waals surface area contributed by atoms with Crippen LogP contribution in [-0.2, 0) is 9.59 Å². The van der Waals surface area contributed by atoms with Crippen LogP contribution in [0.5, 0.6) is 0 Å². The second-order valence-corrected chi connectivity index (χ2v) is 5.21. The summed E-state index contributed by atoms with van der Waals surface area (Å²) in [5.74, 6) is -1.19. The molecule has 0 unspecified atom stereocenters. The Kier molecular flexibility index (Phi) is 3.76. The number of aromatic nitrogens is 1. The maximum Gasteiger partial charge on any atom is 0.326 e. The van der Waals surface area contributed by atoms with Gasteiger partial charge in [0.25, 0.3) is 0 Å². The fourth-order valence-electron chi connectivity index (χ4n) is 2.00. The Hall–Kier alpha value is -1.69. The van der Waals surface area contributed by atoms with E-state index in [2.05, 4.69) is 4.98 Å². The topological polar surface area (TPSA) is 70.5 Å². The smallest absolute Gasteiger partial charge is 0.326 e. The number of rotatable bonds is 3. The fraction of sp³-hybridized carbons (Fsp3) is 0.417. The van der Waals surface area contributed by atoms with E-state index in [1.807, 2.05) is 12.3 Å². The van der Waals surface area contributed by atoms with Gasteiger partial charge in [0.2, 0.25) is 5.91 Å². The summed E-state index contributed by atoms with van der Waals surface area (Å²) in [5.41, 5.74) is 0.733. The van der Waals surface area contributed by atoms with E-state index >= 15 is 0 Å². The summed E-state index contributed by atoms with van der Waals surface area (Å²) in [7, 11) is 0. The summed E-state index contributed by atoms with van der Waals surface area (Å²) in [4.78, 5) is 28.5. The van der Waals surface area contributed by atoms with Crippen molar-refractivity contribution in [2.24, 2.45) is 0 Å². The van der Waals surface area contributed by atoms with Crippen LogP contribution in [0, 0.1) is 6.92 Å². The highest BCUT2D eigenvalue weighted by atomic mass is 32.1. The summed E-state index contributed by atoms with van der Waals surface area (Å²) in [6.45, 7) is 2.40. The SMILES string of the molecule is Cc1nc(/C=C/C(=O)N2CCC[C@H]2C(=O)O)cs1. The maximum atomic E-state index is 11.9. The van der Waals surface area contributed by atoms with Gasteiger partial charge in [-0.2, -0.15) is 0 Å². The molecule has 0 spiro atoms. The molecule has 1 aliphatic heterocycles. The number of likely N-dealkylation sites (tertiary alicyclic amines) is 1. The zero-order valence-corrected chi connectivity index (χ0v) is 10.8. The molecular formula is C12H14N2O3S. The van der Waals surface area contributed by atoms with Gasteiger partial charge in [-0.15, -0.1) is 11.3 Å². The molecule has 1 fully saturated rings. The van der Waals surface area contributed by atoms with Gasteiger partial charge in [0.05, 0.1) is 10.7 Å². The van der Waals surface area contributed by atoms with Crippen LogP contribution in [0.25, 0.3) is 6.08 Å². The van der Waals surface area contributed by atoms with Crippen molar-refractivity contribution in [3.8, 4) is 0 Å². The Morgan fingerprint density at radius 2 is 2.39 bits per heavy atom. The van der Waals surface area contributed by atoms with E-state index in [1.165, 1.54) is 22.3 Å². The average Bonchev–Trinajstić information content (AvgIpc) is 2.94. The van der Waals surface area contributed by atoms with Gasteiger partial charge in [-0.1, -0.05) is 0 Å². The predicted octanol–water partition coefficient (Wildman–Crippen LogP) is 1.54. The third-order valence-corrected chi connectivity index (χ3v) is 3.65. The lowest BCUT2D eigenvalue weighted by atomic mass is 10.2. The minimum Gasteiger partial charge on any atom is -0.480 e. The molecule has 0 saturated carbocycles. The van der Waals surface area contributed by atoms with Crippen LogP contribution in [0.15, 0.2) is 11.5 Å². The van der Waals surface area contributed by atoms with Crippen LogP contribution >= 0.6 is 11.3 Å². The van der Waals surface area contributed by atoms with Gasteiger partial charge in [0.15, 0.2) is 0 Å². The molecule has 1 atom stereocenters. The summed E-state index contributed by atoms with van der Waals surface area (Å²) in [6, 6.07) is -0.681. The molecule has 18 heavy (non-hydrogen) atoms. The summed E-state index contributed by atoms with van der Waals surface area (Å²) in [6.07, 6.45) is 4.30. The second kappa shape index (κ2) is 5.30. The molecule has 2 heterocycles. The van der Waals surface area contributed by atoms with Crippen molar-refractivity contribution in [3.05, 3.63) is 22.2 Å². The molecule has 1 aromatic heterocycles. The van der Waals surface area contributed by atoms with Crippen molar-refractivity contribution in [1.82, 2.24) is 9.88 Å². The lowest BCUT2D eigenvalue weighted by molar-refractivity contribution is -0.146. The minimum atomic E-state index is -0.932. The second-order valence-electron chi connectivity index (χ2n) is 4.15. The highest BCUT2D eigenvalue weighted by Crippen LogP contribution is 2.18. The van der Waals surface area contributed by atoms with Crippen molar-refractivity contribution >= 4 is 29.3 Å². The van der Waals surface area contributed by atoms with E-state index < -0.39 is 12.0 Å². The normalized spacial score (nSPS) is 19.6. The molecule has 1 N–H and O–H groups in total. The summed E-state index contributed by atoms with van der Waals surface area (Å²) >= 11 is 1.51. The number of aryl methyl sites for hydroxylation is 1. The first-order valence-corrected chi connectivity index (χ1v) is 6.59. The van der Waals surface area contributed by atoms with Gasteiger partial charge in [-0.05, 0) is 25.8 Å². The first-order chi connectivity index (χ1) is 8.58. The van der Waals surface area contributed by atoms with Crippen molar-refractivity contribution in [2.75, 3.05) is 6.54 Å². The molecule has 0 aliphatic carbocycles. The third-order valence-electron chi connectivity index (χ3n) is 2.85. The van der Waals surface area contributed by atoms with E-state index in [0.717, 1.165) is 17.1 Å². The Balaban J connectivity index is 2.03. The molecule has 0 bridgehead atoms. The van der Waals surface area contributed by atoms with E-state index in [4.69, 9.17) is 5.11 Å². The van der Waals surface area contributed by atoms with Crippen LogP contribution in [0.1, 0.15) is 23.5 Å². The van der Waals surface area contributed by atoms with Crippen molar-refractivity contribution in [3.63, 3.8) is 0 Å². The standard InChI is InChI=1S/C12H14N2O3S/c1-8-13-9(7-18-8)4-5-11(15)14-6-2-3-10(14)12(16)17/h4-5,7,10H,2-3,6H2,1H3,(H,16,17)/b5-4+/t10-/m0/s1. The van der Waals surface area contributed by atoms with Crippen LogP contribution in [0.4, 0.5) is 0 Å². The molecule has 1 amide bonds. The highest BCUT2D eigenvalue weighted by molar-refractivity contribution is 7.09. The number of carboxylic acids is 1. The average molecular weight is 266 g/mol. The number of hydrogen-bond donors (Lipinski definition) is 1. The lowest BCUT2D eigenvalue weighted by Crippen LogP contribution is -2.39.